The minimum atomic E-state index is -1.00. The average molecular weight is 344 g/mol. The summed E-state index contributed by atoms with van der Waals surface area (Å²) in [5.41, 5.74) is 1.25. The normalized spacial score (nSPS) is 12.0. The first-order valence-electron chi connectivity index (χ1n) is 7.03. The number of Topliss-reactive ketones (excluding diaryl/α,β-unsaturated/α-hetero) is 1. The van der Waals surface area contributed by atoms with Gasteiger partial charge in [0.1, 0.15) is 4.88 Å². The molecule has 0 saturated heterocycles. The molecule has 0 spiro atoms. The van der Waals surface area contributed by atoms with Crippen molar-refractivity contribution in [2.45, 2.75) is 13.0 Å². The van der Waals surface area contributed by atoms with Crippen LogP contribution in [0.2, 0.25) is 0 Å². The number of H-pyrrole nitrogens is 1. The number of carbonyl (C=O) groups is 2. The lowest BCUT2D eigenvalue weighted by molar-refractivity contribution is -0.380. The maximum absolute atomic E-state index is 12.5. The molecule has 122 valence electrons. The molecule has 2 aromatic heterocycles. The molecule has 1 aromatic carbocycles. The van der Waals surface area contributed by atoms with Crippen molar-refractivity contribution in [3.8, 4) is 0 Å². The molecule has 1 N–H and O–H groups in total. The maximum Gasteiger partial charge on any atom is 0.349 e. The molecule has 0 aliphatic heterocycles. The number of fused-ring (bicyclic) bond motifs is 1. The second-order valence-electron chi connectivity index (χ2n) is 5.05. The molecule has 0 unspecified atom stereocenters. The molecule has 7 nitrogen and oxygen atoms in total. The quantitative estimate of drug-likeness (QED) is 0.330. The van der Waals surface area contributed by atoms with E-state index in [-0.39, 0.29) is 15.7 Å². The molecule has 24 heavy (non-hydrogen) atoms. The summed E-state index contributed by atoms with van der Waals surface area (Å²) in [6.45, 7) is 1.48. The number of nitrogens with zero attached hydrogens (tertiary/aromatic N) is 1. The van der Waals surface area contributed by atoms with Gasteiger partial charge in [0.05, 0.1) is 4.92 Å². The van der Waals surface area contributed by atoms with E-state index >= 15 is 0 Å². The fraction of sp³-hybridized carbons (Fsp3) is 0.125. The predicted molar refractivity (Wildman–Crippen MR) is 88.5 cm³/mol. The topological polar surface area (TPSA) is 102 Å². The number of ketones is 1. The van der Waals surface area contributed by atoms with E-state index in [1.54, 1.807) is 12.3 Å². The van der Waals surface area contributed by atoms with E-state index < -0.39 is 17.0 Å². The first-order chi connectivity index (χ1) is 11.5. The predicted octanol–water partition coefficient (Wildman–Crippen LogP) is 3.57. The SMILES string of the molecule is C[C@H](OC(=O)c1ccc([N+](=O)[O-])s1)C(=O)c1c[nH]c2ccccc12. The third-order valence-corrected chi connectivity index (χ3v) is 4.50. The van der Waals surface area contributed by atoms with Gasteiger partial charge in [-0.25, -0.2) is 4.79 Å². The number of thiophene rings is 1. The molecule has 0 saturated carbocycles. The fourth-order valence-corrected chi connectivity index (χ4v) is 3.01. The second-order valence-corrected chi connectivity index (χ2v) is 6.12. The summed E-state index contributed by atoms with van der Waals surface area (Å²) in [5.74, 6) is -1.10. The van der Waals surface area contributed by atoms with Gasteiger partial charge in [-0.1, -0.05) is 29.5 Å². The lowest BCUT2D eigenvalue weighted by Crippen LogP contribution is -2.23. The van der Waals surface area contributed by atoms with Crippen LogP contribution in [0.5, 0.6) is 0 Å². The number of aromatic amines is 1. The van der Waals surface area contributed by atoms with Crippen LogP contribution >= 0.6 is 11.3 Å². The Balaban J connectivity index is 1.76. The number of esters is 1. The number of aromatic nitrogens is 1. The van der Waals surface area contributed by atoms with Crippen molar-refractivity contribution < 1.29 is 19.2 Å². The van der Waals surface area contributed by atoms with E-state index in [0.29, 0.717) is 16.9 Å². The van der Waals surface area contributed by atoms with Crippen molar-refractivity contribution in [1.29, 1.82) is 0 Å². The molecule has 0 bridgehead atoms. The molecular weight excluding hydrogens is 332 g/mol. The Hall–Kier alpha value is -3.00. The third kappa shape index (κ3) is 2.91. The Morgan fingerprint density at radius 3 is 2.71 bits per heavy atom. The van der Waals surface area contributed by atoms with Gasteiger partial charge >= 0.3 is 11.0 Å². The van der Waals surface area contributed by atoms with Gasteiger partial charge in [0.15, 0.2) is 6.10 Å². The lowest BCUT2D eigenvalue weighted by Gasteiger charge is -2.10. The summed E-state index contributed by atoms with van der Waals surface area (Å²) >= 11 is 0.712. The zero-order valence-corrected chi connectivity index (χ0v) is 13.3. The number of rotatable bonds is 5. The highest BCUT2D eigenvalue weighted by Crippen LogP contribution is 2.25. The van der Waals surface area contributed by atoms with Gasteiger partial charge in [-0.3, -0.25) is 14.9 Å². The Bertz CT molecular complexity index is 943. The number of nitrogens with one attached hydrogen (secondary N) is 1. The monoisotopic (exact) mass is 344 g/mol. The number of carbonyl (C=O) groups excluding carboxylic acids is 2. The van der Waals surface area contributed by atoms with E-state index in [2.05, 4.69) is 4.98 Å². The Kier molecular flexibility index (Phi) is 4.13. The van der Waals surface area contributed by atoms with Crippen molar-refractivity contribution in [3.63, 3.8) is 0 Å². The van der Waals surface area contributed by atoms with Crippen LogP contribution < -0.4 is 0 Å². The van der Waals surface area contributed by atoms with Crippen molar-refractivity contribution in [3.05, 3.63) is 63.1 Å². The zero-order valence-electron chi connectivity index (χ0n) is 12.5. The summed E-state index contributed by atoms with van der Waals surface area (Å²) in [5, 5.41) is 11.2. The van der Waals surface area contributed by atoms with Gasteiger partial charge in [-0.15, -0.1) is 0 Å². The van der Waals surface area contributed by atoms with Gasteiger partial charge in [0.25, 0.3) is 0 Å². The molecule has 0 radical (unpaired) electrons. The van der Waals surface area contributed by atoms with Crippen LogP contribution in [0.4, 0.5) is 5.00 Å². The third-order valence-electron chi connectivity index (χ3n) is 3.48. The number of para-hydroxylation sites is 1. The number of ether oxygens (including phenoxy) is 1. The van der Waals surface area contributed by atoms with Gasteiger partial charge in [0, 0.05) is 28.7 Å². The van der Waals surface area contributed by atoms with E-state index in [0.717, 1.165) is 10.9 Å². The summed E-state index contributed by atoms with van der Waals surface area (Å²) in [4.78, 5) is 37.7. The highest BCUT2D eigenvalue weighted by atomic mass is 32.1. The number of hydrogen-bond donors (Lipinski definition) is 1. The van der Waals surface area contributed by atoms with Crippen LogP contribution in [0.25, 0.3) is 10.9 Å². The highest BCUT2D eigenvalue weighted by molar-refractivity contribution is 7.17. The van der Waals surface area contributed by atoms with Crippen LogP contribution in [0, 0.1) is 10.1 Å². The molecule has 2 heterocycles. The van der Waals surface area contributed by atoms with Crippen molar-refractivity contribution in [2.24, 2.45) is 0 Å². The highest BCUT2D eigenvalue weighted by Gasteiger charge is 2.24. The largest absolute Gasteiger partial charge is 0.450 e. The molecule has 0 aliphatic rings. The first-order valence-corrected chi connectivity index (χ1v) is 7.84. The first kappa shape index (κ1) is 15.9. The minimum absolute atomic E-state index is 0.0836. The van der Waals surface area contributed by atoms with Gasteiger partial charge in [0.2, 0.25) is 5.78 Å². The molecular formula is C16H12N2O5S. The van der Waals surface area contributed by atoms with E-state index in [9.17, 15) is 19.7 Å². The molecule has 1 atom stereocenters. The average Bonchev–Trinajstić information content (AvgIpc) is 3.21. The van der Waals surface area contributed by atoms with Crippen molar-refractivity contribution >= 4 is 39.0 Å². The van der Waals surface area contributed by atoms with E-state index in [1.807, 2.05) is 18.2 Å². The Morgan fingerprint density at radius 2 is 2.00 bits per heavy atom. The summed E-state index contributed by atoms with van der Waals surface area (Å²) in [6, 6.07) is 9.85. The van der Waals surface area contributed by atoms with Crippen LogP contribution in [-0.4, -0.2) is 27.8 Å². The van der Waals surface area contributed by atoms with Gasteiger partial charge in [-0.2, -0.15) is 0 Å². The van der Waals surface area contributed by atoms with Crippen LogP contribution in [-0.2, 0) is 4.74 Å². The van der Waals surface area contributed by atoms with Crippen LogP contribution in [0.1, 0.15) is 27.0 Å². The summed E-state index contributed by atoms with van der Waals surface area (Å²) < 4.78 is 5.15. The van der Waals surface area contributed by atoms with Crippen molar-refractivity contribution in [1.82, 2.24) is 4.98 Å². The number of benzene rings is 1. The van der Waals surface area contributed by atoms with Crippen LogP contribution in [0.3, 0.4) is 0 Å². The van der Waals surface area contributed by atoms with Crippen LogP contribution in [0.15, 0.2) is 42.6 Å². The second kappa shape index (κ2) is 6.25. The van der Waals surface area contributed by atoms with Gasteiger partial charge < -0.3 is 9.72 Å². The Labute approximate surface area is 140 Å². The molecule has 0 fully saturated rings. The van der Waals surface area contributed by atoms with Gasteiger partial charge in [-0.05, 0) is 19.1 Å². The fourth-order valence-electron chi connectivity index (χ4n) is 2.30. The minimum Gasteiger partial charge on any atom is -0.450 e. The Morgan fingerprint density at radius 1 is 1.25 bits per heavy atom. The standard InChI is InChI=1S/C16H12N2O5S/c1-9(23-16(20)13-6-7-14(24-13)18(21)22)15(19)11-8-17-12-5-3-2-4-10(11)12/h2-9,17H,1H3/t9-/m0/s1. The molecule has 3 rings (SSSR count). The molecule has 8 heteroatoms. The summed E-state index contributed by atoms with van der Waals surface area (Å²) in [6.07, 6.45) is 0.575. The molecule has 3 aromatic rings. The van der Waals surface area contributed by atoms with E-state index in [4.69, 9.17) is 4.74 Å². The number of hydrogen-bond acceptors (Lipinski definition) is 6. The summed E-state index contributed by atoms with van der Waals surface area (Å²) in [7, 11) is 0. The molecule has 0 amide bonds. The smallest absolute Gasteiger partial charge is 0.349 e. The zero-order chi connectivity index (χ0) is 17.3. The maximum atomic E-state index is 12.5. The van der Waals surface area contributed by atoms with Crippen molar-refractivity contribution in [2.75, 3.05) is 0 Å². The lowest BCUT2D eigenvalue weighted by atomic mass is 10.1. The van der Waals surface area contributed by atoms with E-state index in [1.165, 1.54) is 19.1 Å². The number of nitro groups is 1. The molecule has 0 aliphatic carbocycles.